The Balaban J connectivity index is 0.00000312. The number of halogens is 4. The molecule has 2 rings (SSSR count). The van der Waals surface area contributed by atoms with Crippen molar-refractivity contribution in [1.82, 2.24) is 0 Å². The average molecular weight is 381 g/mol. The molecule has 0 bridgehead atoms. The number of nitrogens with one attached hydrogen (secondary N) is 1. The Labute approximate surface area is 147 Å². The molecule has 0 radical (unpaired) electrons. The molecular formula is C15H16ClF3N2O4. The lowest BCUT2D eigenvalue weighted by molar-refractivity contribution is -0.153. The van der Waals surface area contributed by atoms with Crippen molar-refractivity contribution in [2.75, 3.05) is 19.0 Å². The maximum absolute atomic E-state index is 12.3. The van der Waals surface area contributed by atoms with Gasteiger partial charge in [-0.1, -0.05) is 0 Å². The summed E-state index contributed by atoms with van der Waals surface area (Å²) in [5.41, 5.74) is 5.87. The number of benzene rings is 1. The third kappa shape index (κ3) is 5.87. The highest BCUT2D eigenvalue weighted by atomic mass is 35.5. The van der Waals surface area contributed by atoms with Crippen molar-refractivity contribution in [3.63, 3.8) is 0 Å². The number of methoxy groups -OCH3 is 1. The van der Waals surface area contributed by atoms with Gasteiger partial charge in [-0.25, -0.2) is 0 Å². The summed E-state index contributed by atoms with van der Waals surface area (Å²) >= 11 is 0. The van der Waals surface area contributed by atoms with Gasteiger partial charge in [-0.05, 0) is 18.2 Å². The molecule has 1 heterocycles. The smallest absolute Gasteiger partial charge is 0.422 e. The molecule has 0 unspecified atom stereocenters. The zero-order valence-corrected chi connectivity index (χ0v) is 13.9. The van der Waals surface area contributed by atoms with Crippen LogP contribution in [0.2, 0.25) is 0 Å². The molecule has 2 aromatic rings. The van der Waals surface area contributed by atoms with Crippen LogP contribution in [0.25, 0.3) is 0 Å². The molecule has 0 fully saturated rings. The summed E-state index contributed by atoms with van der Waals surface area (Å²) in [5, 5.41) is 2.53. The molecule has 0 saturated carbocycles. The molecule has 1 amide bonds. The van der Waals surface area contributed by atoms with Gasteiger partial charge < -0.3 is 24.9 Å². The maximum atomic E-state index is 12.3. The lowest BCUT2D eigenvalue weighted by Gasteiger charge is -2.14. The van der Waals surface area contributed by atoms with Gasteiger partial charge in [0.25, 0.3) is 5.91 Å². The third-order valence-electron chi connectivity index (χ3n) is 2.93. The number of carbonyl (C=O) groups is 1. The molecule has 0 spiro atoms. The van der Waals surface area contributed by atoms with Crippen molar-refractivity contribution >= 4 is 24.0 Å². The third-order valence-corrected chi connectivity index (χ3v) is 2.93. The number of nitrogens with two attached hydrogens (primary N) is 1. The summed E-state index contributed by atoms with van der Waals surface area (Å²) in [7, 11) is 1.30. The topological polar surface area (TPSA) is 86.7 Å². The largest absolute Gasteiger partial charge is 0.493 e. The van der Waals surface area contributed by atoms with Crippen molar-refractivity contribution in [2.24, 2.45) is 5.73 Å². The fourth-order valence-corrected chi connectivity index (χ4v) is 1.84. The fourth-order valence-electron chi connectivity index (χ4n) is 1.84. The Morgan fingerprint density at radius 3 is 2.56 bits per heavy atom. The molecule has 138 valence electrons. The van der Waals surface area contributed by atoms with E-state index in [1.165, 1.54) is 37.6 Å². The maximum Gasteiger partial charge on any atom is 0.422 e. The summed E-state index contributed by atoms with van der Waals surface area (Å²) < 4.78 is 51.6. The van der Waals surface area contributed by atoms with Crippen LogP contribution >= 0.6 is 12.4 Å². The van der Waals surface area contributed by atoms with E-state index in [2.05, 4.69) is 5.32 Å². The van der Waals surface area contributed by atoms with Crippen LogP contribution in [0.15, 0.2) is 34.9 Å². The first-order valence-electron chi connectivity index (χ1n) is 6.79. The Hall–Kier alpha value is -2.39. The normalized spacial score (nSPS) is 10.8. The lowest BCUT2D eigenvalue weighted by atomic mass is 10.2. The predicted molar refractivity (Wildman–Crippen MR) is 86.3 cm³/mol. The Morgan fingerprint density at radius 2 is 2.00 bits per heavy atom. The van der Waals surface area contributed by atoms with Crippen LogP contribution in [0.5, 0.6) is 11.5 Å². The van der Waals surface area contributed by atoms with Crippen molar-refractivity contribution in [3.05, 3.63) is 41.9 Å². The molecule has 1 aromatic carbocycles. The van der Waals surface area contributed by atoms with Crippen molar-refractivity contribution < 1.29 is 31.9 Å². The Kier molecular flexibility index (Phi) is 7.13. The Bertz CT molecular complexity index is 719. The molecule has 10 heteroatoms. The summed E-state index contributed by atoms with van der Waals surface area (Å²) in [6, 6.07) is 5.58. The van der Waals surface area contributed by atoms with Gasteiger partial charge in [-0.3, -0.25) is 4.79 Å². The second-order valence-corrected chi connectivity index (χ2v) is 4.73. The van der Waals surface area contributed by atoms with E-state index in [1.807, 2.05) is 0 Å². The summed E-state index contributed by atoms with van der Waals surface area (Å²) in [5.74, 6) is -0.0806. The van der Waals surface area contributed by atoms with Crippen LogP contribution < -0.4 is 20.5 Å². The number of alkyl halides is 3. The number of rotatable bonds is 6. The van der Waals surface area contributed by atoms with Crippen molar-refractivity contribution in [3.8, 4) is 11.5 Å². The van der Waals surface area contributed by atoms with E-state index in [9.17, 15) is 18.0 Å². The van der Waals surface area contributed by atoms with Gasteiger partial charge in [-0.15, -0.1) is 12.4 Å². The number of amides is 1. The molecule has 0 aliphatic heterocycles. The molecular weight excluding hydrogens is 365 g/mol. The number of furan rings is 1. The van der Waals surface area contributed by atoms with Crippen LogP contribution in [-0.2, 0) is 6.54 Å². The first kappa shape index (κ1) is 20.7. The lowest BCUT2D eigenvalue weighted by Crippen LogP contribution is -2.19. The predicted octanol–water partition coefficient (Wildman–Crippen LogP) is 3.36. The molecule has 3 N–H and O–H groups in total. The van der Waals surface area contributed by atoms with E-state index >= 15 is 0 Å². The van der Waals surface area contributed by atoms with E-state index in [0.717, 1.165) is 0 Å². The van der Waals surface area contributed by atoms with E-state index in [1.54, 1.807) is 0 Å². The zero-order valence-electron chi connectivity index (χ0n) is 13.1. The first-order chi connectivity index (χ1) is 11.3. The molecule has 6 nitrogen and oxygen atoms in total. The van der Waals surface area contributed by atoms with Crippen LogP contribution in [0.4, 0.5) is 18.9 Å². The van der Waals surface area contributed by atoms with E-state index in [-0.39, 0.29) is 41.7 Å². The van der Waals surface area contributed by atoms with E-state index in [4.69, 9.17) is 19.6 Å². The van der Waals surface area contributed by atoms with Gasteiger partial charge in [0.2, 0.25) is 0 Å². The number of hydrogen-bond donors (Lipinski definition) is 2. The van der Waals surface area contributed by atoms with Gasteiger partial charge in [0, 0.05) is 11.8 Å². The van der Waals surface area contributed by atoms with Crippen molar-refractivity contribution in [2.45, 2.75) is 12.7 Å². The summed E-state index contributed by atoms with van der Waals surface area (Å²) in [6.07, 6.45) is -3.25. The average Bonchev–Trinajstić information content (AvgIpc) is 3.01. The highest BCUT2D eigenvalue weighted by molar-refractivity contribution is 6.04. The molecule has 0 atom stereocenters. The number of anilines is 1. The van der Waals surface area contributed by atoms with Gasteiger partial charge >= 0.3 is 6.18 Å². The number of hydrogen-bond acceptors (Lipinski definition) is 5. The highest BCUT2D eigenvalue weighted by Crippen LogP contribution is 2.31. The summed E-state index contributed by atoms with van der Waals surface area (Å²) in [4.78, 5) is 12.1. The summed E-state index contributed by atoms with van der Waals surface area (Å²) in [6.45, 7) is -1.33. The second kappa shape index (κ2) is 8.63. The quantitative estimate of drug-likeness (QED) is 0.802. The first-order valence-corrected chi connectivity index (χ1v) is 6.79. The Morgan fingerprint density at radius 1 is 1.28 bits per heavy atom. The zero-order chi connectivity index (χ0) is 17.7. The standard InChI is InChI=1S/C15H15F3N2O4.ClH/c1-22-12-3-2-10(5-13(12)24-8-15(16,17)18)20-14(21)9-4-11(6-19)23-7-9;/h2-5,7H,6,8,19H2,1H3,(H,20,21);1H. The van der Waals surface area contributed by atoms with Crippen LogP contribution in [0.3, 0.4) is 0 Å². The number of carbonyl (C=O) groups excluding carboxylic acids is 1. The van der Waals surface area contributed by atoms with Crippen LogP contribution in [-0.4, -0.2) is 25.8 Å². The van der Waals surface area contributed by atoms with E-state index in [0.29, 0.717) is 5.76 Å². The molecule has 1 aromatic heterocycles. The van der Waals surface area contributed by atoms with Gasteiger partial charge in [0.15, 0.2) is 18.1 Å². The monoisotopic (exact) mass is 380 g/mol. The molecule has 0 saturated heterocycles. The van der Waals surface area contributed by atoms with Gasteiger partial charge in [0.1, 0.15) is 12.0 Å². The second-order valence-electron chi connectivity index (χ2n) is 4.73. The molecule has 0 aliphatic carbocycles. The van der Waals surface area contributed by atoms with Crippen LogP contribution in [0, 0.1) is 0 Å². The minimum atomic E-state index is -4.49. The van der Waals surface area contributed by atoms with Crippen LogP contribution in [0.1, 0.15) is 16.1 Å². The minimum absolute atomic E-state index is 0. The molecule has 25 heavy (non-hydrogen) atoms. The van der Waals surface area contributed by atoms with E-state index < -0.39 is 18.7 Å². The fraction of sp³-hybridized carbons (Fsp3) is 0.267. The highest BCUT2D eigenvalue weighted by Gasteiger charge is 2.29. The number of ether oxygens (including phenoxy) is 2. The molecule has 0 aliphatic rings. The van der Waals surface area contributed by atoms with Gasteiger partial charge in [0.05, 0.1) is 19.2 Å². The van der Waals surface area contributed by atoms with Gasteiger partial charge in [-0.2, -0.15) is 13.2 Å². The SMILES string of the molecule is COc1ccc(NC(=O)c2coc(CN)c2)cc1OCC(F)(F)F.Cl. The van der Waals surface area contributed by atoms with Crippen molar-refractivity contribution in [1.29, 1.82) is 0 Å². The minimum Gasteiger partial charge on any atom is -0.493 e.